The summed E-state index contributed by atoms with van der Waals surface area (Å²) < 4.78 is 40.6. The van der Waals surface area contributed by atoms with Gasteiger partial charge in [0.15, 0.2) is 0 Å². The summed E-state index contributed by atoms with van der Waals surface area (Å²) in [6.07, 6.45) is -3.28. The molecule has 1 aromatic rings. The zero-order valence-corrected chi connectivity index (χ0v) is 11.2. The van der Waals surface area contributed by atoms with Gasteiger partial charge >= 0.3 is 18.1 Å². The third-order valence-electron chi connectivity index (χ3n) is 2.53. The summed E-state index contributed by atoms with van der Waals surface area (Å²) in [5, 5.41) is 1.45. The van der Waals surface area contributed by atoms with Crippen LogP contribution in [-0.4, -0.2) is 31.2 Å². The molecule has 0 unspecified atom stereocenters. The number of carbonyl (C=O) groups excluding carboxylic acids is 2. The number of ether oxygens (including phenoxy) is 1. The molecule has 0 radical (unpaired) electrons. The lowest BCUT2D eigenvalue weighted by Gasteiger charge is -2.10. The molecule has 21 heavy (non-hydrogen) atoms. The topological polar surface area (TPSA) is 55.4 Å². The van der Waals surface area contributed by atoms with Gasteiger partial charge in [0.1, 0.15) is 13.2 Å². The minimum Gasteiger partial charge on any atom is -0.459 e. The van der Waals surface area contributed by atoms with Crippen molar-refractivity contribution >= 4 is 17.4 Å². The van der Waals surface area contributed by atoms with Crippen LogP contribution >= 0.6 is 0 Å². The van der Waals surface area contributed by atoms with Crippen LogP contribution < -0.4 is 5.32 Å². The molecule has 0 bridgehead atoms. The quantitative estimate of drug-likeness (QED) is 0.849. The Morgan fingerprint density at radius 1 is 1.24 bits per heavy atom. The van der Waals surface area contributed by atoms with E-state index in [9.17, 15) is 22.8 Å². The molecule has 114 valence electrons. The first-order valence-corrected chi connectivity index (χ1v) is 6.06. The zero-order valence-electron chi connectivity index (χ0n) is 11.2. The molecule has 1 N–H and O–H groups in total. The molecule has 0 fully saturated rings. The van der Waals surface area contributed by atoms with Crippen molar-refractivity contribution < 1.29 is 27.5 Å². The van der Waals surface area contributed by atoms with Gasteiger partial charge in [-0.1, -0.05) is 36.4 Å². The van der Waals surface area contributed by atoms with Gasteiger partial charge in [0, 0.05) is 0 Å². The number of hydrogen-bond donors (Lipinski definition) is 1. The van der Waals surface area contributed by atoms with E-state index in [4.69, 9.17) is 4.74 Å². The summed E-state index contributed by atoms with van der Waals surface area (Å²) in [6, 6.07) is 9.08. The minimum atomic E-state index is -5.02. The SMILES string of the molecule is CC=C(COC(=O)CNC(=O)C(F)(F)F)c1ccccc1. The van der Waals surface area contributed by atoms with E-state index < -0.39 is 24.6 Å². The van der Waals surface area contributed by atoms with E-state index >= 15 is 0 Å². The van der Waals surface area contributed by atoms with Gasteiger partial charge in [0.25, 0.3) is 0 Å². The van der Waals surface area contributed by atoms with Gasteiger partial charge in [-0.2, -0.15) is 13.2 Å². The molecule has 0 heterocycles. The Balaban J connectivity index is 2.44. The lowest BCUT2D eigenvalue weighted by molar-refractivity contribution is -0.174. The van der Waals surface area contributed by atoms with Gasteiger partial charge in [0.2, 0.25) is 0 Å². The van der Waals surface area contributed by atoms with E-state index in [0.717, 1.165) is 5.56 Å². The van der Waals surface area contributed by atoms with Crippen LogP contribution in [0.5, 0.6) is 0 Å². The van der Waals surface area contributed by atoms with Crippen LogP contribution in [-0.2, 0) is 14.3 Å². The zero-order chi connectivity index (χ0) is 15.9. The molecule has 0 saturated heterocycles. The summed E-state index contributed by atoms with van der Waals surface area (Å²) in [4.78, 5) is 21.8. The molecule has 0 aliphatic carbocycles. The standard InChI is InChI=1S/C14H14F3NO3/c1-2-10(11-6-4-3-5-7-11)9-21-12(19)8-18-13(20)14(15,16)17/h2-7H,8-9H2,1H3,(H,18,20). The Morgan fingerprint density at radius 3 is 2.38 bits per heavy atom. The van der Waals surface area contributed by atoms with Crippen molar-refractivity contribution in [3.63, 3.8) is 0 Å². The summed E-state index contributed by atoms with van der Waals surface area (Å²) in [7, 11) is 0. The third kappa shape index (κ3) is 5.68. The molecule has 1 amide bonds. The lowest BCUT2D eigenvalue weighted by Crippen LogP contribution is -2.40. The molecule has 0 spiro atoms. The molecule has 0 atom stereocenters. The summed E-state index contributed by atoms with van der Waals surface area (Å²) in [6.45, 7) is 0.840. The Kier molecular flexibility index (Phi) is 5.95. The molecule has 0 aromatic heterocycles. The molecule has 1 aromatic carbocycles. The second-order valence-corrected chi connectivity index (χ2v) is 4.02. The minimum absolute atomic E-state index is 0.0821. The Morgan fingerprint density at radius 2 is 1.86 bits per heavy atom. The summed E-state index contributed by atoms with van der Waals surface area (Å²) >= 11 is 0. The number of halogens is 3. The number of alkyl halides is 3. The predicted molar refractivity (Wildman–Crippen MR) is 70.1 cm³/mol. The van der Waals surface area contributed by atoms with Crippen molar-refractivity contribution in [1.29, 1.82) is 0 Å². The largest absolute Gasteiger partial charge is 0.471 e. The lowest BCUT2D eigenvalue weighted by atomic mass is 10.1. The Bertz CT molecular complexity index is 524. The maximum atomic E-state index is 11.9. The summed E-state index contributed by atoms with van der Waals surface area (Å²) in [5.41, 5.74) is 1.55. The predicted octanol–water partition coefficient (Wildman–Crippen LogP) is 2.31. The molecule has 4 nitrogen and oxygen atoms in total. The van der Waals surface area contributed by atoms with Gasteiger partial charge in [-0.25, -0.2) is 0 Å². The number of rotatable bonds is 5. The van der Waals surface area contributed by atoms with Crippen LogP contribution in [0, 0.1) is 0 Å². The number of amides is 1. The van der Waals surface area contributed by atoms with E-state index in [-0.39, 0.29) is 6.61 Å². The van der Waals surface area contributed by atoms with E-state index in [1.165, 1.54) is 5.32 Å². The number of esters is 1. The van der Waals surface area contributed by atoms with Crippen LogP contribution in [0.4, 0.5) is 13.2 Å². The maximum Gasteiger partial charge on any atom is 0.471 e. The van der Waals surface area contributed by atoms with Crippen molar-refractivity contribution in [2.45, 2.75) is 13.1 Å². The van der Waals surface area contributed by atoms with Gasteiger partial charge < -0.3 is 10.1 Å². The van der Waals surface area contributed by atoms with Crippen LogP contribution in [0.15, 0.2) is 36.4 Å². The third-order valence-corrected chi connectivity index (χ3v) is 2.53. The average Bonchev–Trinajstić information content (AvgIpc) is 2.45. The van der Waals surface area contributed by atoms with Gasteiger partial charge in [-0.3, -0.25) is 9.59 Å². The number of hydrogen-bond acceptors (Lipinski definition) is 3. The van der Waals surface area contributed by atoms with Crippen molar-refractivity contribution in [3.05, 3.63) is 42.0 Å². The van der Waals surface area contributed by atoms with Gasteiger partial charge in [-0.15, -0.1) is 0 Å². The first-order chi connectivity index (χ1) is 9.84. The highest BCUT2D eigenvalue weighted by Crippen LogP contribution is 2.15. The fourth-order valence-electron chi connectivity index (χ4n) is 1.45. The number of nitrogens with one attached hydrogen (secondary N) is 1. The van der Waals surface area contributed by atoms with Crippen LogP contribution in [0.25, 0.3) is 5.57 Å². The normalized spacial score (nSPS) is 11.9. The van der Waals surface area contributed by atoms with Gasteiger partial charge in [-0.05, 0) is 18.1 Å². The van der Waals surface area contributed by atoms with Crippen molar-refractivity contribution in [2.75, 3.05) is 13.2 Å². The van der Waals surface area contributed by atoms with E-state index in [1.807, 2.05) is 30.3 Å². The summed E-state index contributed by atoms with van der Waals surface area (Å²) in [5.74, 6) is -3.11. The first-order valence-electron chi connectivity index (χ1n) is 6.06. The smallest absolute Gasteiger partial charge is 0.459 e. The monoisotopic (exact) mass is 301 g/mol. The van der Waals surface area contributed by atoms with E-state index in [2.05, 4.69) is 0 Å². The second kappa shape index (κ2) is 7.47. The van der Waals surface area contributed by atoms with Gasteiger partial charge in [0.05, 0.1) is 0 Å². The molecule has 7 heteroatoms. The van der Waals surface area contributed by atoms with Crippen LogP contribution in [0.3, 0.4) is 0 Å². The molecular formula is C14H14F3NO3. The number of carbonyl (C=O) groups is 2. The number of benzene rings is 1. The maximum absolute atomic E-state index is 11.9. The highest BCUT2D eigenvalue weighted by molar-refractivity contribution is 5.85. The molecule has 0 aliphatic rings. The molecule has 1 rings (SSSR count). The fraction of sp³-hybridized carbons (Fsp3) is 0.286. The number of allylic oxidation sites excluding steroid dienone is 1. The highest BCUT2D eigenvalue weighted by atomic mass is 19.4. The Hall–Kier alpha value is -2.31. The van der Waals surface area contributed by atoms with E-state index in [1.54, 1.807) is 13.0 Å². The Labute approximate surface area is 119 Å². The van der Waals surface area contributed by atoms with Crippen LogP contribution in [0.1, 0.15) is 12.5 Å². The first kappa shape index (κ1) is 16.7. The molecule has 0 aliphatic heterocycles. The molecular weight excluding hydrogens is 287 g/mol. The average molecular weight is 301 g/mol. The van der Waals surface area contributed by atoms with Crippen molar-refractivity contribution in [3.8, 4) is 0 Å². The van der Waals surface area contributed by atoms with E-state index in [0.29, 0.717) is 5.57 Å². The fourth-order valence-corrected chi connectivity index (χ4v) is 1.45. The highest BCUT2D eigenvalue weighted by Gasteiger charge is 2.38. The van der Waals surface area contributed by atoms with Crippen molar-refractivity contribution in [1.82, 2.24) is 5.32 Å². The second-order valence-electron chi connectivity index (χ2n) is 4.02. The molecule has 0 saturated carbocycles. The van der Waals surface area contributed by atoms with Crippen molar-refractivity contribution in [2.24, 2.45) is 0 Å². The van der Waals surface area contributed by atoms with Crippen LogP contribution in [0.2, 0.25) is 0 Å².